The first-order valence-electron chi connectivity index (χ1n) is 10.3. The fraction of sp³-hybridized carbons (Fsp3) is 0.250. The Hall–Kier alpha value is -2.84. The third-order valence-corrected chi connectivity index (χ3v) is 6.93. The van der Waals surface area contributed by atoms with E-state index < -0.39 is 6.04 Å². The lowest BCUT2D eigenvalue weighted by Crippen LogP contribution is -2.29. The lowest BCUT2D eigenvalue weighted by Gasteiger charge is -2.22. The van der Waals surface area contributed by atoms with Gasteiger partial charge in [-0.1, -0.05) is 64.9 Å². The average Bonchev–Trinajstić information content (AvgIpc) is 3.31. The summed E-state index contributed by atoms with van der Waals surface area (Å²) >= 11 is 4.83. The number of hydrogen-bond donors (Lipinski definition) is 0. The highest BCUT2D eigenvalue weighted by molar-refractivity contribution is 9.10. The van der Waals surface area contributed by atoms with Gasteiger partial charge in [0.05, 0.1) is 17.0 Å². The summed E-state index contributed by atoms with van der Waals surface area (Å²) in [5.74, 6) is 0.112. The largest absolute Gasteiger partial charge is 0.450 e. The standard InChI is InChI=1S/C24H20BrN3O3S/c1-12(2)10-18-26-27-24(32-18)28-20(14-5-7-15(25)8-6-14)19-21(29)16-11-13(3)4-9-17(16)31-22(19)23(28)30/h4-9,11-12,20H,10H2,1-3H3. The number of benzene rings is 2. The van der Waals surface area contributed by atoms with Crippen LogP contribution in [0.2, 0.25) is 0 Å². The van der Waals surface area contributed by atoms with Crippen molar-refractivity contribution in [2.75, 3.05) is 4.90 Å². The summed E-state index contributed by atoms with van der Waals surface area (Å²) < 4.78 is 6.92. The fourth-order valence-corrected chi connectivity index (χ4v) is 5.36. The van der Waals surface area contributed by atoms with Gasteiger partial charge in [0, 0.05) is 10.9 Å². The van der Waals surface area contributed by atoms with Gasteiger partial charge >= 0.3 is 0 Å². The van der Waals surface area contributed by atoms with Crippen molar-refractivity contribution in [2.24, 2.45) is 5.92 Å². The molecule has 0 fully saturated rings. The Kier molecular flexibility index (Phi) is 5.22. The topological polar surface area (TPSA) is 76.3 Å². The smallest absolute Gasteiger partial charge is 0.297 e. The van der Waals surface area contributed by atoms with Crippen molar-refractivity contribution in [3.8, 4) is 0 Å². The molecule has 1 unspecified atom stereocenters. The number of rotatable bonds is 4. The predicted molar refractivity (Wildman–Crippen MR) is 128 cm³/mol. The second kappa shape index (κ2) is 7.94. The van der Waals surface area contributed by atoms with E-state index in [4.69, 9.17) is 4.42 Å². The maximum absolute atomic E-state index is 13.6. The van der Waals surface area contributed by atoms with E-state index in [0.717, 1.165) is 27.0 Å². The Balaban J connectivity index is 1.74. The summed E-state index contributed by atoms with van der Waals surface area (Å²) in [7, 11) is 0. The first-order chi connectivity index (χ1) is 15.3. The first kappa shape index (κ1) is 21.0. The molecule has 0 N–H and O–H groups in total. The van der Waals surface area contributed by atoms with Gasteiger partial charge in [0.15, 0.2) is 5.43 Å². The van der Waals surface area contributed by atoms with E-state index in [-0.39, 0.29) is 17.1 Å². The van der Waals surface area contributed by atoms with Gasteiger partial charge < -0.3 is 4.42 Å². The highest BCUT2D eigenvalue weighted by Crippen LogP contribution is 2.42. The minimum absolute atomic E-state index is 0.0693. The van der Waals surface area contributed by atoms with Crippen molar-refractivity contribution in [1.82, 2.24) is 10.2 Å². The van der Waals surface area contributed by atoms with Crippen LogP contribution in [-0.4, -0.2) is 16.1 Å². The normalized spacial score (nSPS) is 15.7. The Labute approximate surface area is 197 Å². The van der Waals surface area contributed by atoms with Gasteiger partial charge in [-0.15, -0.1) is 10.2 Å². The number of aromatic nitrogens is 2. The zero-order valence-electron chi connectivity index (χ0n) is 17.8. The number of aryl methyl sites for hydroxylation is 1. The molecule has 5 rings (SSSR count). The fourth-order valence-electron chi connectivity index (χ4n) is 4.02. The number of halogens is 1. The molecule has 1 aliphatic heterocycles. The van der Waals surface area contributed by atoms with Crippen LogP contribution >= 0.6 is 27.3 Å². The second-order valence-corrected chi connectivity index (χ2v) is 10.3. The van der Waals surface area contributed by atoms with E-state index in [1.807, 2.05) is 37.3 Å². The molecule has 2 aromatic carbocycles. The molecule has 0 spiro atoms. The van der Waals surface area contributed by atoms with E-state index in [0.29, 0.717) is 27.6 Å². The molecule has 0 aliphatic carbocycles. The molecular weight excluding hydrogens is 490 g/mol. The number of amides is 1. The summed E-state index contributed by atoms with van der Waals surface area (Å²) in [6.07, 6.45) is 0.774. The van der Waals surface area contributed by atoms with Crippen molar-refractivity contribution in [2.45, 2.75) is 33.2 Å². The highest BCUT2D eigenvalue weighted by atomic mass is 79.9. The van der Waals surface area contributed by atoms with Crippen LogP contribution in [-0.2, 0) is 6.42 Å². The lowest BCUT2D eigenvalue weighted by molar-refractivity contribution is 0.0970. The summed E-state index contributed by atoms with van der Waals surface area (Å²) in [6, 6.07) is 12.4. The number of carbonyl (C=O) groups is 1. The Morgan fingerprint density at radius 2 is 1.88 bits per heavy atom. The van der Waals surface area contributed by atoms with E-state index in [9.17, 15) is 9.59 Å². The highest BCUT2D eigenvalue weighted by Gasteiger charge is 2.45. The van der Waals surface area contributed by atoms with Crippen LogP contribution in [0.25, 0.3) is 11.0 Å². The molecule has 3 heterocycles. The van der Waals surface area contributed by atoms with Gasteiger partial charge in [0.1, 0.15) is 10.6 Å². The molecule has 0 saturated heterocycles. The van der Waals surface area contributed by atoms with Gasteiger partial charge in [-0.05, 0) is 42.7 Å². The molecule has 32 heavy (non-hydrogen) atoms. The SMILES string of the molecule is Cc1ccc2oc3c(c(=O)c2c1)C(c1ccc(Br)cc1)N(c1nnc(CC(C)C)s1)C3=O. The van der Waals surface area contributed by atoms with E-state index >= 15 is 0 Å². The number of carbonyl (C=O) groups excluding carboxylic acids is 1. The van der Waals surface area contributed by atoms with Crippen LogP contribution in [0.3, 0.4) is 0 Å². The second-order valence-electron chi connectivity index (χ2n) is 8.38. The zero-order valence-corrected chi connectivity index (χ0v) is 20.2. The first-order valence-corrected chi connectivity index (χ1v) is 11.9. The summed E-state index contributed by atoms with van der Waals surface area (Å²) in [4.78, 5) is 28.7. The van der Waals surface area contributed by atoms with Crippen LogP contribution in [0.15, 0.2) is 56.1 Å². The van der Waals surface area contributed by atoms with E-state index in [1.54, 1.807) is 17.0 Å². The third kappa shape index (κ3) is 3.47. The van der Waals surface area contributed by atoms with Crippen LogP contribution in [0, 0.1) is 12.8 Å². The summed E-state index contributed by atoms with van der Waals surface area (Å²) in [5.41, 5.74) is 2.31. The molecule has 162 valence electrons. The van der Waals surface area contributed by atoms with E-state index in [2.05, 4.69) is 40.0 Å². The Bertz CT molecular complexity index is 1410. The monoisotopic (exact) mass is 509 g/mol. The number of nitrogens with zero attached hydrogens (tertiary/aromatic N) is 3. The molecule has 0 radical (unpaired) electrons. The van der Waals surface area contributed by atoms with Crippen molar-refractivity contribution < 1.29 is 9.21 Å². The predicted octanol–water partition coefficient (Wildman–Crippen LogP) is 5.66. The molecule has 1 aliphatic rings. The van der Waals surface area contributed by atoms with Crippen LogP contribution in [0.1, 0.15) is 52.1 Å². The Morgan fingerprint density at radius 1 is 1.12 bits per heavy atom. The molecule has 2 aromatic heterocycles. The minimum Gasteiger partial charge on any atom is -0.450 e. The van der Waals surface area contributed by atoms with Gasteiger partial charge in [-0.2, -0.15) is 0 Å². The lowest BCUT2D eigenvalue weighted by atomic mass is 9.98. The van der Waals surface area contributed by atoms with Crippen molar-refractivity contribution in [3.05, 3.63) is 84.6 Å². The molecule has 1 amide bonds. The number of hydrogen-bond acceptors (Lipinski definition) is 6. The van der Waals surface area contributed by atoms with Crippen LogP contribution in [0.5, 0.6) is 0 Å². The van der Waals surface area contributed by atoms with Gasteiger partial charge in [0.25, 0.3) is 5.91 Å². The summed E-state index contributed by atoms with van der Waals surface area (Å²) in [5, 5.41) is 10.4. The van der Waals surface area contributed by atoms with Crippen LogP contribution < -0.4 is 10.3 Å². The summed E-state index contributed by atoms with van der Waals surface area (Å²) in [6.45, 7) is 6.14. The molecular formula is C24H20BrN3O3S. The third-order valence-electron chi connectivity index (χ3n) is 5.46. The van der Waals surface area contributed by atoms with Crippen molar-refractivity contribution >= 4 is 49.3 Å². The molecule has 8 heteroatoms. The van der Waals surface area contributed by atoms with Crippen molar-refractivity contribution in [3.63, 3.8) is 0 Å². The van der Waals surface area contributed by atoms with E-state index in [1.165, 1.54) is 11.3 Å². The molecule has 0 bridgehead atoms. The zero-order chi connectivity index (χ0) is 22.6. The van der Waals surface area contributed by atoms with Gasteiger partial charge in [0.2, 0.25) is 10.9 Å². The molecule has 0 saturated carbocycles. The van der Waals surface area contributed by atoms with Crippen molar-refractivity contribution in [1.29, 1.82) is 0 Å². The molecule has 4 aromatic rings. The van der Waals surface area contributed by atoms with Gasteiger partial charge in [-0.25, -0.2) is 0 Å². The maximum atomic E-state index is 13.6. The minimum atomic E-state index is -0.633. The average molecular weight is 510 g/mol. The molecule has 1 atom stereocenters. The van der Waals surface area contributed by atoms with Gasteiger partial charge in [-0.3, -0.25) is 14.5 Å². The maximum Gasteiger partial charge on any atom is 0.297 e. The number of fused-ring (bicyclic) bond motifs is 2. The Morgan fingerprint density at radius 3 is 2.59 bits per heavy atom. The number of anilines is 1. The quantitative estimate of drug-likeness (QED) is 0.354. The van der Waals surface area contributed by atoms with Crippen LogP contribution in [0.4, 0.5) is 5.13 Å². The molecule has 6 nitrogen and oxygen atoms in total.